The third-order valence-corrected chi connectivity index (χ3v) is 4.93. The molecule has 0 radical (unpaired) electrons. The number of nitrogens with zero attached hydrogens (tertiary/aromatic N) is 3. The lowest BCUT2D eigenvalue weighted by Crippen LogP contribution is -2.19. The molecule has 0 spiro atoms. The molecule has 29 heavy (non-hydrogen) atoms. The van der Waals surface area contributed by atoms with Crippen molar-refractivity contribution in [3.8, 4) is 6.07 Å². The predicted octanol–water partition coefficient (Wildman–Crippen LogP) is 4.27. The molecule has 2 N–H and O–H groups in total. The molecule has 4 rings (SSSR count). The average molecular weight is 388 g/mol. The van der Waals surface area contributed by atoms with Gasteiger partial charge in [-0.15, -0.1) is 0 Å². The lowest BCUT2D eigenvalue weighted by atomic mass is 9.95. The molecule has 3 aromatic rings. The summed E-state index contributed by atoms with van der Waals surface area (Å²) in [5, 5.41) is 8.84. The molecular weight excluding hydrogens is 364 g/mol. The van der Waals surface area contributed by atoms with Crippen molar-refractivity contribution in [2.45, 2.75) is 38.8 Å². The first-order valence-corrected chi connectivity index (χ1v) is 9.57. The van der Waals surface area contributed by atoms with Crippen molar-refractivity contribution in [1.29, 1.82) is 5.26 Å². The molecule has 1 atom stereocenters. The SMILES string of the molecule is Cc1ncc2n1C(c1ccc(C#N)cc1)CCC2.NC(=O)OCc1ccccc1. The maximum Gasteiger partial charge on any atom is 0.404 e. The highest BCUT2D eigenvalue weighted by Crippen LogP contribution is 2.31. The molecule has 0 fully saturated rings. The van der Waals surface area contributed by atoms with Crippen LogP contribution in [0.3, 0.4) is 0 Å². The molecule has 0 aliphatic carbocycles. The number of amides is 1. The summed E-state index contributed by atoms with van der Waals surface area (Å²) in [4.78, 5) is 14.6. The first-order chi connectivity index (χ1) is 14.1. The Morgan fingerprint density at radius 1 is 1.24 bits per heavy atom. The molecule has 6 nitrogen and oxygen atoms in total. The van der Waals surface area contributed by atoms with E-state index < -0.39 is 6.09 Å². The molecule has 1 amide bonds. The Morgan fingerprint density at radius 3 is 2.62 bits per heavy atom. The Morgan fingerprint density at radius 2 is 1.97 bits per heavy atom. The Kier molecular flexibility index (Phi) is 6.64. The van der Waals surface area contributed by atoms with Crippen LogP contribution in [0, 0.1) is 18.3 Å². The maximum absolute atomic E-state index is 10.2. The number of hydrogen-bond donors (Lipinski definition) is 1. The number of aromatic nitrogens is 2. The fourth-order valence-corrected chi connectivity index (χ4v) is 3.54. The Balaban J connectivity index is 0.000000188. The molecule has 1 aliphatic rings. The van der Waals surface area contributed by atoms with Crippen molar-refractivity contribution < 1.29 is 9.53 Å². The van der Waals surface area contributed by atoms with E-state index in [4.69, 9.17) is 11.0 Å². The van der Waals surface area contributed by atoms with Gasteiger partial charge in [-0.05, 0) is 49.4 Å². The quantitative estimate of drug-likeness (QED) is 0.725. The zero-order chi connectivity index (χ0) is 20.6. The van der Waals surface area contributed by atoms with Crippen LogP contribution in [0.15, 0.2) is 60.8 Å². The van der Waals surface area contributed by atoms with Crippen LogP contribution in [0.4, 0.5) is 4.79 Å². The second-order valence-electron chi connectivity index (χ2n) is 6.90. The first kappa shape index (κ1) is 20.2. The molecule has 0 saturated carbocycles. The lowest BCUT2D eigenvalue weighted by Gasteiger charge is -2.27. The van der Waals surface area contributed by atoms with Crippen molar-refractivity contribution in [2.24, 2.45) is 5.73 Å². The second-order valence-corrected chi connectivity index (χ2v) is 6.90. The van der Waals surface area contributed by atoms with E-state index >= 15 is 0 Å². The topological polar surface area (TPSA) is 93.9 Å². The number of ether oxygens (including phenoxy) is 1. The van der Waals surface area contributed by atoms with Crippen LogP contribution >= 0.6 is 0 Å². The largest absolute Gasteiger partial charge is 0.445 e. The molecule has 2 heterocycles. The van der Waals surface area contributed by atoms with Gasteiger partial charge in [-0.25, -0.2) is 9.78 Å². The fourth-order valence-electron chi connectivity index (χ4n) is 3.54. The van der Waals surface area contributed by atoms with Gasteiger partial charge in [-0.3, -0.25) is 0 Å². The van der Waals surface area contributed by atoms with Crippen LogP contribution in [0.5, 0.6) is 0 Å². The van der Waals surface area contributed by atoms with Gasteiger partial charge in [0.15, 0.2) is 0 Å². The summed E-state index contributed by atoms with van der Waals surface area (Å²) in [6, 6.07) is 19.8. The first-order valence-electron chi connectivity index (χ1n) is 9.57. The summed E-state index contributed by atoms with van der Waals surface area (Å²) in [6.45, 7) is 2.31. The molecule has 0 bridgehead atoms. The second kappa shape index (κ2) is 9.56. The van der Waals surface area contributed by atoms with Gasteiger partial charge in [-0.2, -0.15) is 5.26 Å². The molecule has 148 valence electrons. The number of primary amides is 1. The zero-order valence-corrected chi connectivity index (χ0v) is 16.4. The normalized spacial score (nSPS) is 14.7. The van der Waals surface area contributed by atoms with Crippen molar-refractivity contribution in [2.75, 3.05) is 0 Å². The van der Waals surface area contributed by atoms with Crippen LogP contribution < -0.4 is 5.73 Å². The number of carbonyl (C=O) groups is 1. The van der Waals surface area contributed by atoms with E-state index in [1.807, 2.05) is 48.7 Å². The van der Waals surface area contributed by atoms with Crippen LogP contribution in [0.25, 0.3) is 0 Å². The number of nitrogens with two attached hydrogens (primary N) is 1. The van der Waals surface area contributed by atoms with Gasteiger partial charge in [0.1, 0.15) is 12.4 Å². The van der Waals surface area contributed by atoms with E-state index in [1.54, 1.807) is 0 Å². The summed E-state index contributed by atoms with van der Waals surface area (Å²) in [5.74, 6) is 1.08. The van der Waals surface area contributed by atoms with Gasteiger partial charge in [-0.1, -0.05) is 42.5 Å². The van der Waals surface area contributed by atoms with E-state index in [0.29, 0.717) is 6.04 Å². The molecule has 1 unspecified atom stereocenters. The van der Waals surface area contributed by atoms with Gasteiger partial charge in [0.25, 0.3) is 0 Å². The summed E-state index contributed by atoms with van der Waals surface area (Å²) in [6.07, 6.45) is 4.72. The van der Waals surface area contributed by atoms with Gasteiger partial charge < -0.3 is 15.0 Å². The summed E-state index contributed by atoms with van der Waals surface area (Å²) in [5.41, 5.74) is 9.04. The standard InChI is InChI=1S/C15H15N3.C8H9NO2/c1-11-17-10-14-3-2-4-15(18(11)14)13-7-5-12(9-16)6-8-13;9-8(10)11-6-7-4-2-1-3-5-7/h5-8,10,15H,2-4H2,1H3;1-5H,6H2,(H2,9,10). The highest BCUT2D eigenvalue weighted by molar-refractivity contribution is 5.64. The lowest BCUT2D eigenvalue weighted by molar-refractivity contribution is 0.150. The van der Waals surface area contributed by atoms with Gasteiger partial charge in [0.05, 0.1) is 17.7 Å². The highest BCUT2D eigenvalue weighted by Gasteiger charge is 2.22. The minimum absolute atomic E-state index is 0.246. The van der Waals surface area contributed by atoms with E-state index in [2.05, 4.69) is 39.4 Å². The van der Waals surface area contributed by atoms with Crippen LogP contribution in [-0.2, 0) is 17.8 Å². The Hall–Kier alpha value is -3.59. The van der Waals surface area contributed by atoms with Gasteiger partial charge in [0, 0.05) is 11.9 Å². The highest BCUT2D eigenvalue weighted by atomic mass is 16.5. The van der Waals surface area contributed by atoms with Gasteiger partial charge >= 0.3 is 6.09 Å². The van der Waals surface area contributed by atoms with E-state index in [1.165, 1.54) is 17.7 Å². The monoisotopic (exact) mass is 388 g/mol. The Bertz CT molecular complexity index is 988. The number of carbonyl (C=O) groups excluding carboxylic acids is 1. The predicted molar refractivity (Wildman–Crippen MR) is 110 cm³/mol. The minimum atomic E-state index is -0.742. The smallest absolute Gasteiger partial charge is 0.404 e. The van der Waals surface area contributed by atoms with E-state index in [0.717, 1.165) is 29.8 Å². The molecular formula is C23H24N4O2. The maximum atomic E-state index is 10.2. The van der Waals surface area contributed by atoms with Crippen LogP contribution in [-0.4, -0.2) is 15.6 Å². The summed E-state index contributed by atoms with van der Waals surface area (Å²) in [7, 11) is 0. The fraction of sp³-hybridized carbons (Fsp3) is 0.261. The number of aryl methyl sites for hydroxylation is 2. The van der Waals surface area contributed by atoms with Crippen LogP contribution in [0.2, 0.25) is 0 Å². The molecule has 6 heteroatoms. The van der Waals surface area contributed by atoms with Crippen molar-refractivity contribution in [1.82, 2.24) is 9.55 Å². The van der Waals surface area contributed by atoms with Crippen molar-refractivity contribution in [3.05, 3.63) is 89.0 Å². The van der Waals surface area contributed by atoms with Crippen molar-refractivity contribution in [3.63, 3.8) is 0 Å². The Labute approximate surface area is 170 Å². The minimum Gasteiger partial charge on any atom is -0.445 e. The number of rotatable bonds is 3. The summed E-state index contributed by atoms with van der Waals surface area (Å²) < 4.78 is 6.90. The third kappa shape index (κ3) is 5.23. The third-order valence-electron chi connectivity index (χ3n) is 4.93. The van der Waals surface area contributed by atoms with Crippen LogP contribution in [0.1, 0.15) is 47.1 Å². The zero-order valence-electron chi connectivity index (χ0n) is 16.4. The number of benzene rings is 2. The van der Waals surface area contributed by atoms with E-state index in [-0.39, 0.29) is 6.61 Å². The van der Waals surface area contributed by atoms with Gasteiger partial charge in [0.2, 0.25) is 0 Å². The molecule has 1 aromatic heterocycles. The summed E-state index contributed by atoms with van der Waals surface area (Å²) >= 11 is 0. The number of nitriles is 1. The number of hydrogen-bond acceptors (Lipinski definition) is 4. The molecule has 1 aliphatic heterocycles. The van der Waals surface area contributed by atoms with Crippen molar-refractivity contribution >= 4 is 6.09 Å². The molecule has 2 aromatic carbocycles. The average Bonchev–Trinajstić information content (AvgIpc) is 3.15. The van der Waals surface area contributed by atoms with E-state index in [9.17, 15) is 4.79 Å². The number of fused-ring (bicyclic) bond motifs is 1. The number of imidazole rings is 1. The molecule has 0 saturated heterocycles.